The van der Waals surface area contributed by atoms with Crippen molar-refractivity contribution in [3.8, 4) is 0 Å². The van der Waals surface area contributed by atoms with Gasteiger partial charge in [0, 0.05) is 25.3 Å². The van der Waals surface area contributed by atoms with Crippen LogP contribution in [0.25, 0.3) is 0 Å². The number of hydrogen-bond acceptors (Lipinski definition) is 4. The molecule has 0 spiro atoms. The number of carbonyl (C=O) groups is 1. The van der Waals surface area contributed by atoms with Gasteiger partial charge in [-0.1, -0.05) is 13.3 Å². The maximum absolute atomic E-state index is 12.5. The van der Waals surface area contributed by atoms with Crippen LogP contribution in [0.15, 0.2) is 6.07 Å². The Kier molecular flexibility index (Phi) is 5.02. The molecule has 0 saturated carbocycles. The van der Waals surface area contributed by atoms with Crippen molar-refractivity contribution in [2.45, 2.75) is 51.0 Å². The molecule has 0 bridgehead atoms. The van der Waals surface area contributed by atoms with E-state index in [4.69, 9.17) is 0 Å². The van der Waals surface area contributed by atoms with Gasteiger partial charge in [0.25, 0.3) is 5.91 Å². The van der Waals surface area contributed by atoms with Crippen molar-refractivity contribution in [3.05, 3.63) is 17.5 Å². The van der Waals surface area contributed by atoms with E-state index in [0.29, 0.717) is 31.6 Å². The van der Waals surface area contributed by atoms with Gasteiger partial charge in [0.2, 0.25) is 0 Å². The van der Waals surface area contributed by atoms with Crippen molar-refractivity contribution >= 4 is 5.91 Å². The van der Waals surface area contributed by atoms with Crippen LogP contribution < -0.4 is 0 Å². The molecule has 6 heteroatoms. The van der Waals surface area contributed by atoms with Gasteiger partial charge >= 0.3 is 0 Å². The van der Waals surface area contributed by atoms with E-state index in [1.165, 1.54) is 12.8 Å². The summed E-state index contributed by atoms with van der Waals surface area (Å²) in [4.78, 5) is 16.7. The molecular formula is C17H28N4O2. The lowest BCUT2D eigenvalue weighted by Crippen LogP contribution is -2.51. The van der Waals surface area contributed by atoms with Gasteiger partial charge in [-0.25, -0.2) is 0 Å². The second kappa shape index (κ2) is 7.01. The van der Waals surface area contributed by atoms with Gasteiger partial charge in [-0.15, -0.1) is 0 Å². The fourth-order valence-electron chi connectivity index (χ4n) is 3.67. The molecule has 0 radical (unpaired) electrons. The van der Waals surface area contributed by atoms with Crippen molar-refractivity contribution in [2.24, 2.45) is 0 Å². The van der Waals surface area contributed by atoms with Gasteiger partial charge in [-0.05, 0) is 51.3 Å². The number of amides is 1. The van der Waals surface area contributed by atoms with Crippen LogP contribution in [-0.2, 0) is 6.42 Å². The highest BCUT2D eigenvalue weighted by molar-refractivity contribution is 5.92. The van der Waals surface area contributed by atoms with E-state index in [2.05, 4.69) is 22.0 Å². The van der Waals surface area contributed by atoms with Gasteiger partial charge < -0.3 is 14.9 Å². The third-order valence-electron chi connectivity index (χ3n) is 5.07. The summed E-state index contributed by atoms with van der Waals surface area (Å²) in [6.07, 6.45) is 5.72. The van der Waals surface area contributed by atoms with Crippen molar-refractivity contribution in [2.75, 3.05) is 32.7 Å². The first-order valence-corrected chi connectivity index (χ1v) is 8.88. The number of likely N-dealkylation sites (tertiary alicyclic amines) is 2. The second-order valence-electron chi connectivity index (χ2n) is 7.03. The summed E-state index contributed by atoms with van der Waals surface area (Å²) in [5, 5.41) is 17.9. The highest BCUT2D eigenvalue weighted by Gasteiger charge is 2.36. The van der Waals surface area contributed by atoms with Gasteiger partial charge in [-0.3, -0.25) is 9.89 Å². The largest absolute Gasteiger partial charge is 0.388 e. The molecule has 6 nitrogen and oxygen atoms in total. The number of aryl methyl sites for hydroxylation is 1. The quantitative estimate of drug-likeness (QED) is 0.861. The standard InChI is InChI=1S/C17H28N4O2/c1-2-5-14-12-15(19-18-14)16(22)21-10-6-17(23,7-11-21)13-20-8-3-4-9-20/h12,23H,2-11,13H2,1H3,(H,18,19). The van der Waals surface area contributed by atoms with E-state index in [-0.39, 0.29) is 5.91 Å². The predicted molar refractivity (Wildman–Crippen MR) is 88.3 cm³/mol. The molecule has 2 saturated heterocycles. The molecule has 0 aliphatic carbocycles. The minimum atomic E-state index is -0.639. The molecule has 1 amide bonds. The van der Waals surface area contributed by atoms with Crippen LogP contribution in [0.3, 0.4) is 0 Å². The molecule has 3 heterocycles. The minimum absolute atomic E-state index is 0.0215. The van der Waals surface area contributed by atoms with E-state index in [1.54, 1.807) is 0 Å². The monoisotopic (exact) mass is 320 g/mol. The molecule has 0 atom stereocenters. The fraction of sp³-hybridized carbons (Fsp3) is 0.765. The summed E-state index contributed by atoms with van der Waals surface area (Å²) in [5.41, 5.74) is 0.872. The third kappa shape index (κ3) is 3.93. The molecule has 2 N–H and O–H groups in total. The smallest absolute Gasteiger partial charge is 0.274 e. The lowest BCUT2D eigenvalue weighted by molar-refractivity contribution is -0.0368. The van der Waals surface area contributed by atoms with E-state index in [9.17, 15) is 9.90 Å². The molecule has 23 heavy (non-hydrogen) atoms. The Morgan fingerprint density at radius 3 is 2.65 bits per heavy atom. The summed E-state index contributed by atoms with van der Waals surface area (Å²) in [6.45, 7) is 6.27. The normalized spacial score (nSPS) is 21.7. The molecule has 1 aromatic rings. The van der Waals surface area contributed by atoms with Crippen LogP contribution >= 0.6 is 0 Å². The van der Waals surface area contributed by atoms with E-state index in [1.807, 2.05) is 11.0 Å². The first-order chi connectivity index (χ1) is 11.1. The molecule has 2 aliphatic rings. The third-order valence-corrected chi connectivity index (χ3v) is 5.07. The zero-order valence-electron chi connectivity index (χ0n) is 14.1. The number of aromatic amines is 1. The van der Waals surface area contributed by atoms with Crippen LogP contribution in [0.1, 0.15) is 55.2 Å². The molecule has 1 aromatic heterocycles. The molecule has 0 unspecified atom stereocenters. The summed E-state index contributed by atoms with van der Waals surface area (Å²) in [6, 6.07) is 1.86. The first-order valence-electron chi connectivity index (χ1n) is 8.88. The highest BCUT2D eigenvalue weighted by atomic mass is 16.3. The highest BCUT2D eigenvalue weighted by Crippen LogP contribution is 2.25. The predicted octanol–water partition coefficient (Wildman–Crippen LogP) is 1.43. The number of piperidine rings is 1. The Bertz CT molecular complexity index is 528. The zero-order chi connectivity index (χ0) is 16.3. The number of β-amino-alcohol motifs (C(OH)–C–C–N with tert-alkyl or cyclic N) is 1. The van der Waals surface area contributed by atoms with Gasteiger partial charge in [0.1, 0.15) is 5.69 Å². The van der Waals surface area contributed by atoms with Crippen molar-refractivity contribution < 1.29 is 9.90 Å². The molecular weight excluding hydrogens is 292 g/mol. The van der Waals surface area contributed by atoms with Gasteiger partial charge in [-0.2, -0.15) is 5.10 Å². The fourth-order valence-corrected chi connectivity index (χ4v) is 3.67. The Balaban J connectivity index is 1.53. The number of H-pyrrole nitrogens is 1. The van der Waals surface area contributed by atoms with Crippen LogP contribution in [0.4, 0.5) is 0 Å². The van der Waals surface area contributed by atoms with Crippen LogP contribution in [0, 0.1) is 0 Å². The van der Waals surface area contributed by atoms with E-state index in [0.717, 1.165) is 38.2 Å². The van der Waals surface area contributed by atoms with Gasteiger partial charge in [0.15, 0.2) is 0 Å². The number of nitrogens with zero attached hydrogens (tertiary/aromatic N) is 3. The maximum atomic E-state index is 12.5. The zero-order valence-corrected chi connectivity index (χ0v) is 14.1. The molecule has 2 fully saturated rings. The maximum Gasteiger partial charge on any atom is 0.274 e. The SMILES string of the molecule is CCCc1cc(C(=O)N2CCC(O)(CN3CCCC3)CC2)n[nH]1. The molecule has 0 aromatic carbocycles. The Hall–Kier alpha value is -1.40. The summed E-state index contributed by atoms with van der Waals surface area (Å²) >= 11 is 0. The lowest BCUT2D eigenvalue weighted by atomic mass is 9.90. The Labute approximate surface area is 137 Å². The summed E-state index contributed by atoms with van der Waals surface area (Å²) < 4.78 is 0. The number of nitrogens with one attached hydrogen (secondary N) is 1. The van der Waals surface area contributed by atoms with Crippen molar-refractivity contribution in [3.63, 3.8) is 0 Å². The summed E-state index contributed by atoms with van der Waals surface area (Å²) in [5.74, 6) is -0.0215. The minimum Gasteiger partial charge on any atom is -0.388 e. The van der Waals surface area contributed by atoms with E-state index < -0.39 is 5.60 Å². The average molecular weight is 320 g/mol. The number of aliphatic hydroxyl groups is 1. The topological polar surface area (TPSA) is 72.5 Å². The number of aromatic nitrogens is 2. The lowest BCUT2D eigenvalue weighted by Gasteiger charge is -2.40. The molecule has 2 aliphatic heterocycles. The number of carbonyl (C=O) groups excluding carboxylic acids is 1. The van der Waals surface area contributed by atoms with Crippen LogP contribution in [-0.4, -0.2) is 69.3 Å². The van der Waals surface area contributed by atoms with Crippen LogP contribution in [0.2, 0.25) is 0 Å². The average Bonchev–Trinajstić information content (AvgIpc) is 3.19. The molecule has 128 valence electrons. The van der Waals surface area contributed by atoms with Gasteiger partial charge in [0.05, 0.1) is 5.60 Å². The first kappa shape index (κ1) is 16.5. The Morgan fingerprint density at radius 2 is 2.00 bits per heavy atom. The Morgan fingerprint density at radius 1 is 1.30 bits per heavy atom. The number of rotatable bonds is 5. The summed E-state index contributed by atoms with van der Waals surface area (Å²) in [7, 11) is 0. The van der Waals surface area contributed by atoms with Crippen molar-refractivity contribution in [1.29, 1.82) is 0 Å². The second-order valence-corrected chi connectivity index (χ2v) is 7.03. The molecule has 3 rings (SSSR count). The number of hydrogen-bond donors (Lipinski definition) is 2. The van der Waals surface area contributed by atoms with E-state index >= 15 is 0 Å². The van der Waals surface area contributed by atoms with Crippen LogP contribution in [0.5, 0.6) is 0 Å². The van der Waals surface area contributed by atoms with Crippen molar-refractivity contribution in [1.82, 2.24) is 20.0 Å².